The van der Waals surface area contributed by atoms with Crippen molar-refractivity contribution in [3.63, 3.8) is 0 Å². The fourth-order valence-electron chi connectivity index (χ4n) is 2.79. The van der Waals surface area contributed by atoms with Crippen molar-refractivity contribution in [3.05, 3.63) is 36.7 Å². The number of hydrogen-bond donors (Lipinski definition) is 2. The number of nitrogens with two attached hydrogens (primary N) is 1. The van der Waals surface area contributed by atoms with Crippen molar-refractivity contribution < 1.29 is 4.79 Å². The second-order valence-corrected chi connectivity index (χ2v) is 5.54. The molecule has 1 saturated carbocycles. The van der Waals surface area contributed by atoms with Crippen LogP contribution in [0.3, 0.4) is 0 Å². The Bertz CT molecular complexity index is 618. The van der Waals surface area contributed by atoms with Gasteiger partial charge in [-0.2, -0.15) is 0 Å². The van der Waals surface area contributed by atoms with E-state index in [0.29, 0.717) is 0 Å². The van der Waals surface area contributed by atoms with E-state index in [4.69, 9.17) is 5.73 Å². The maximum atomic E-state index is 12.2. The van der Waals surface area contributed by atoms with Crippen LogP contribution in [0.15, 0.2) is 36.7 Å². The van der Waals surface area contributed by atoms with E-state index in [2.05, 4.69) is 10.3 Å². The lowest BCUT2D eigenvalue weighted by Crippen LogP contribution is -2.32. The van der Waals surface area contributed by atoms with Gasteiger partial charge in [-0.15, -0.1) is 0 Å². The molecule has 0 unspecified atom stereocenters. The molecule has 0 spiro atoms. The summed E-state index contributed by atoms with van der Waals surface area (Å²) >= 11 is 0. The number of pyridine rings is 1. The molecule has 1 amide bonds. The molecule has 3 N–H and O–H groups in total. The van der Waals surface area contributed by atoms with Crippen LogP contribution in [-0.2, 0) is 4.79 Å². The monoisotopic (exact) mass is 269 g/mol. The molecule has 1 heterocycles. The fourth-order valence-corrected chi connectivity index (χ4v) is 2.79. The van der Waals surface area contributed by atoms with Gasteiger partial charge in [-0.3, -0.25) is 9.78 Å². The van der Waals surface area contributed by atoms with E-state index in [1.807, 2.05) is 30.5 Å². The summed E-state index contributed by atoms with van der Waals surface area (Å²) in [7, 11) is 0. The number of amides is 1. The van der Waals surface area contributed by atoms with Crippen molar-refractivity contribution in [2.75, 3.05) is 5.32 Å². The maximum Gasteiger partial charge on any atom is 0.227 e. The number of benzene rings is 1. The maximum absolute atomic E-state index is 12.2. The van der Waals surface area contributed by atoms with Crippen LogP contribution < -0.4 is 11.1 Å². The summed E-state index contributed by atoms with van der Waals surface area (Å²) < 4.78 is 0. The van der Waals surface area contributed by atoms with E-state index >= 15 is 0 Å². The Morgan fingerprint density at radius 3 is 2.75 bits per heavy atom. The first-order valence-electron chi connectivity index (χ1n) is 7.12. The number of fused-ring (bicyclic) bond motifs is 1. The normalized spacial score (nSPS) is 22.6. The average Bonchev–Trinajstić information content (AvgIpc) is 2.48. The van der Waals surface area contributed by atoms with Crippen LogP contribution in [0.4, 0.5) is 5.69 Å². The van der Waals surface area contributed by atoms with Crippen LogP contribution in [0.1, 0.15) is 25.7 Å². The molecule has 2 aromatic rings. The topological polar surface area (TPSA) is 68.0 Å². The lowest BCUT2D eigenvalue weighted by Gasteiger charge is -2.25. The zero-order valence-corrected chi connectivity index (χ0v) is 11.4. The number of aromatic nitrogens is 1. The van der Waals surface area contributed by atoms with E-state index in [1.165, 1.54) is 0 Å². The van der Waals surface area contributed by atoms with Gasteiger partial charge in [-0.25, -0.2) is 0 Å². The molecule has 20 heavy (non-hydrogen) atoms. The van der Waals surface area contributed by atoms with Gasteiger partial charge in [0.2, 0.25) is 5.91 Å². The molecule has 0 saturated heterocycles. The van der Waals surface area contributed by atoms with Gasteiger partial charge in [0.1, 0.15) is 0 Å². The summed E-state index contributed by atoms with van der Waals surface area (Å²) in [5, 5.41) is 5.18. The number of rotatable bonds is 2. The number of carbonyl (C=O) groups is 1. The van der Waals surface area contributed by atoms with Gasteiger partial charge in [-0.05, 0) is 49.3 Å². The van der Waals surface area contributed by atoms with E-state index in [-0.39, 0.29) is 17.9 Å². The third kappa shape index (κ3) is 2.80. The van der Waals surface area contributed by atoms with Crippen molar-refractivity contribution in [3.8, 4) is 0 Å². The molecule has 1 fully saturated rings. The molecule has 1 aliphatic rings. The number of anilines is 1. The molecule has 0 bridgehead atoms. The van der Waals surface area contributed by atoms with Crippen LogP contribution in [0.5, 0.6) is 0 Å². The molecule has 0 atom stereocenters. The molecule has 1 aromatic carbocycles. The van der Waals surface area contributed by atoms with Gasteiger partial charge in [0.25, 0.3) is 0 Å². The first kappa shape index (κ1) is 13.1. The Balaban J connectivity index is 1.71. The summed E-state index contributed by atoms with van der Waals surface area (Å²) in [5.41, 5.74) is 6.71. The van der Waals surface area contributed by atoms with E-state index in [9.17, 15) is 4.79 Å². The largest absolute Gasteiger partial charge is 0.328 e. The molecule has 3 rings (SSSR count). The van der Waals surface area contributed by atoms with Crippen molar-refractivity contribution in [1.29, 1.82) is 0 Å². The van der Waals surface area contributed by atoms with Crippen LogP contribution in [-0.4, -0.2) is 16.9 Å². The average molecular weight is 269 g/mol. The summed E-state index contributed by atoms with van der Waals surface area (Å²) in [6.45, 7) is 0. The Hall–Kier alpha value is -1.94. The molecule has 104 valence electrons. The molecular weight excluding hydrogens is 250 g/mol. The number of hydrogen-bond acceptors (Lipinski definition) is 3. The predicted octanol–water partition coefficient (Wildman–Crippen LogP) is 2.69. The summed E-state index contributed by atoms with van der Waals surface area (Å²) in [6.07, 6.45) is 7.25. The second-order valence-electron chi connectivity index (χ2n) is 5.54. The highest BCUT2D eigenvalue weighted by molar-refractivity contribution is 5.95. The van der Waals surface area contributed by atoms with Gasteiger partial charge < -0.3 is 11.1 Å². The second kappa shape index (κ2) is 5.59. The Labute approximate surface area is 118 Å². The van der Waals surface area contributed by atoms with Crippen LogP contribution in [0.2, 0.25) is 0 Å². The highest BCUT2D eigenvalue weighted by Gasteiger charge is 2.24. The lowest BCUT2D eigenvalue weighted by molar-refractivity contribution is -0.120. The standard InChI is InChI=1S/C16H19N3O/c17-14-4-1-12(2-5-14)16(20)19-15-6-3-11-7-8-18-10-13(11)9-15/h3,6-10,12,14H,1-2,4-5,17H2,(H,19,20)/t12-,14+. The lowest BCUT2D eigenvalue weighted by atomic mass is 9.86. The first-order chi connectivity index (χ1) is 9.72. The Morgan fingerprint density at radius 2 is 1.95 bits per heavy atom. The third-order valence-electron chi connectivity index (χ3n) is 4.05. The molecule has 0 radical (unpaired) electrons. The van der Waals surface area contributed by atoms with Crippen LogP contribution >= 0.6 is 0 Å². The minimum absolute atomic E-state index is 0.0967. The summed E-state index contributed by atoms with van der Waals surface area (Å²) in [4.78, 5) is 16.3. The minimum atomic E-state index is 0.0967. The molecule has 1 aromatic heterocycles. The molecule has 4 heteroatoms. The van der Waals surface area contributed by atoms with E-state index < -0.39 is 0 Å². The number of nitrogens with zero attached hydrogens (tertiary/aromatic N) is 1. The molecule has 4 nitrogen and oxygen atoms in total. The van der Waals surface area contributed by atoms with Gasteiger partial charge in [0.15, 0.2) is 0 Å². The minimum Gasteiger partial charge on any atom is -0.328 e. The van der Waals surface area contributed by atoms with E-state index in [0.717, 1.165) is 42.1 Å². The van der Waals surface area contributed by atoms with Gasteiger partial charge in [0, 0.05) is 35.4 Å². The SMILES string of the molecule is N[C@H]1CC[C@@H](C(=O)Nc2ccc3ccncc3c2)CC1. The summed E-state index contributed by atoms with van der Waals surface area (Å²) in [6, 6.07) is 8.14. The van der Waals surface area contributed by atoms with Crippen molar-refractivity contribution in [1.82, 2.24) is 4.98 Å². The van der Waals surface area contributed by atoms with Crippen molar-refractivity contribution in [2.24, 2.45) is 11.7 Å². The molecular formula is C16H19N3O. The van der Waals surface area contributed by atoms with Crippen LogP contribution in [0, 0.1) is 5.92 Å². The smallest absolute Gasteiger partial charge is 0.227 e. The quantitative estimate of drug-likeness (QED) is 0.880. The van der Waals surface area contributed by atoms with Gasteiger partial charge >= 0.3 is 0 Å². The van der Waals surface area contributed by atoms with Gasteiger partial charge in [0.05, 0.1) is 0 Å². The van der Waals surface area contributed by atoms with Crippen molar-refractivity contribution in [2.45, 2.75) is 31.7 Å². The van der Waals surface area contributed by atoms with Gasteiger partial charge in [-0.1, -0.05) is 6.07 Å². The van der Waals surface area contributed by atoms with Crippen molar-refractivity contribution >= 4 is 22.4 Å². The first-order valence-corrected chi connectivity index (χ1v) is 7.12. The Kier molecular flexibility index (Phi) is 3.65. The molecule has 0 aliphatic heterocycles. The number of carbonyl (C=O) groups excluding carboxylic acids is 1. The van der Waals surface area contributed by atoms with Crippen LogP contribution in [0.25, 0.3) is 10.8 Å². The van der Waals surface area contributed by atoms with E-state index in [1.54, 1.807) is 6.20 Å². The molecule has 1 aliphatic carbocycles. The number of nitrogens with one attached hydrogen (secondary N) is 1. The zero-order chi connectivity index (χ0) is 13.9. The summed E-state index contributed by atoms with van der Waals surface area (Å²) in [5.74, 6) is 0.208. The highest BCUT2D eigenvalue weighted by atomic mass is 16.1. The predicted molar refractivity (Wildman–Crippen MR) is 80.3 cm³/mol. The fraction of sp³-hybridized carbons (Fsp3) is 0.375. The third-order valence-corrected chi connectivity index (χ3v) is 4.05. The highest BCUT2D eigenvalue weighted by Crippen LogP contribution is 2.25. The Morgan fingerprint density at radius 1 is 1.15 bits per heavy atom. The zero-order valence-electron chi connectivity index (χ0n) is 11.4.